The van der Waals surface area contributed by atoms with Crippen molar-refractivity contribution in [3.63, 3.8) is 0 Å². The van der Waals surface area contributed by atoms with Crippen LogP contribution in [0, 0.1) is 0 Å². The third-order valence-corrected chi connectivity index (χ3v) is 3.41. The number of aliphatic hydroxyl groups excluding tert-OH is 1. The van der Waals surface area contributed by atoms with Crippen LogP contribution < -0.4 is 4.90 Å². The fraction of sp³-hybridized carbons (Fsp3) is 0.500. The highest BCUT2D eigenvalue weighted by molar-refractivity contribution is 9.10. The molecular weight excluding hydrogens is 311 g/mol. The Labute approximate surface area is 113 Å². The Balaban J connectivity index is 3.33. The molecule has 1 aromatic rings. The molecule has 0 saturated carbocycles. The molecular formula is C12H15BrF3NO. The summed E-state index contributed by atoms with van der Waals surface area (Å²) < 4.78 is 39.3. The van der Waals surface area contributed by atoms with Crippen molar-refractivity contribution in [2.75, 3.05) is 18.6 Å². The molecule has 0 bridgehead atoms. The Morgan fingerprint density at radius 3 is 2.28 bits per heavy atom. The van der Waals surface area contributed by atoms with Gasteiger partial charge >= 0.3 is 6.18 Å². The molecule has 0 saturated heterocycles. The summed E-state index contributed by atoms with van der Waals surface area (Å²) in [6.07, 6.45) is -4.43. The van der Waals surface area contributed by atoms with Crippen LogP contribution in [-0.2, 0) is 6.18 Å². The van der Waals surface area contributed by atoms with Crippen LogP contribution in [-0.4, -0.2) is 24.3 Å². The van der Waals surface area contributed by atoms with E-state index in [0.717, 1.165) is 6.07 Å². The van der Waals surface area contributed by atoms with Gasteiger partial charge in [-0.25, -0.2) is 0 Å². The first kappa shape index (κ1) is 15.3. The first-order chi connectivity index (χ1) is 8.09. The van der Waals surface area contributed by atoms with E-state index in [9.17, 15) is 18.3 Å². The number of halogens is 4. The Hall–Kier alpha value is -0.750. The molecule has 0 aliphatic rings. The van der Waals surface area contributed by atoms with Crippen molar-refractivity contribution in [1.82, 2.24) is 0 Å². The molecule has 18 heavy (non-hydrogen) atoms. The fourth-order valence-electron chi connectivity index (χ4n) is 1.46. The summed E-state index contributed by atoms with van der Waals surface area (Å²) in [6, 6.07) is 3.98. The number of hydrogen-bond donors (Lipinski definition) is 1. The molecule has 0 spiro atoms. The molecule has 1 rings (SSSR count). The minimum atomic E-state index is -4.43. The Bertz CT molecular complexity index is 432. The van der Waals surface area contributed by atoms with Gasteiger partial charge in [-0.05, 0) is 32.0 Å². The minimum absolute atomic E-state index is 0.0461. The molecule has 0 aliphatic heterocycles. The lowest BCUT2D eigenvalue weighted by atomic mass is 10.0. The van der Waals surface area contributed by atoms with Crippen LogP contribution in [0.25, 0.3) is 0 Å². The summed E-state index contributed by atoms with van der Waals surface area (Å²) in [5.41, 5.74) is -1.45. The maximum Gasteiger partial charge on any atom is 0.418 e. The van der Waals surface area contributed by atoms with E-state index in [-0.39, 0.29) is 12.3 Å². The highest BCUT2D eigenvalue weighted by Crippen LogP contribution is 2.39. The number of anilines is 1. The zero-order chi connectivity index (χ0) is 14.1. The second-order valence-electron chi connectivity index (χ2n) is 4.69. The lowest BCUT2D eigenvalue weighted by molar-refractivity contribution is -0.137. The Morgan fingerprint density at radius 2 is 1.83 bits per heavy atom. The second-order valence-corrected chi connectivity index (χ2v) is 5.60. The van der Waals surface area contributed by atoms with Crippen molar-refractivity contribution >= 4 is 21.6 Å². The molecule has 102 valence electrons. The average Bonchev–Trinajstić information content (AvgIpc) is 2.27. The lowest BCUT2D eigenvalue weighted by Crippen LogP contribution is -2.45. The number of alkyl halides is 3. The second kappa shape index (κ2) is 5.09. The lowest BCUT2D eigenvalue weighted by Gasteiger charge is -2.37. The summed E-state index contributed by atoms with van der Waals surface area (Å²) in [4.78, 5) is 1.43. The van der Waals surface area contributed by atoms with Crippen LogP contribution in [0.2, 0.25) is 0 Å². The molecule has 1 aromatic carbocycles. The number of rotatable bonds is 3. The van der Waals surface area contributed by atoms with Crippen LogP contribution in [0.1, 0.15) is 19.4 Å². The minimum Gasteiger partial charge on any atom is -0.394 e. The summed E-state index contributed by atoms with van der Waals surface area (Å²) >= 11 is 3.04. The van der Waals surface area contributed by atoms with Crippen LogP contribution in [0.4, 0.5) is 18.9 Å². The number of likely N-dealkylation sites (N-methyl/N-ethyl adjacent to an activating group) is 1. The van der Waals surface area contributed by atoms with Crippen LogP contribution in [0.15, 0.2) is 22.7 Å². The number of nitrogens with zero attached hydrogens (tertiary/aromatic N) is 1. The van der Waals surface area contributed by atoms with Gasteiger partial charge in [-0.3, -0.25) is 0 Å². The Kier molecular flexibility index (Phi) is 4.33. The van der Waals surface area contributed by atoms with Crippen molar-refractivity contribution in [2.24, 2.45) is 0 Å². The van der Waals surface area contributed by atoms with Gasteiger partial charge in [0.05, 0.1) is 17.7 Å². The van der Waals surface area contributed by atoms with E-state index in [1.165, 1.54) is 18.0 Å². The quantitative estimate of drug-likeness (QED) is 0.916. The first-order valence-electron chi connectivity index (χ1n) is 5.31. The third-order valence-electron chi connectivity index (χ3n) is 2.92. The number of benzene rings is 1. The SMILES string of the molecule is CN(c1ccc(Br)cc1C(F)(F)F)C(C)(C)CO. The maximum absolute atomic E-state index is 13.0. The van der Waals surface area contributed by atoms with Gasteiger partial charge in [-0.2, -0.15) is 13.2 Å². The molecule has 0 heterocycles. The predicted octanol–water partition coefficient (Wildman–Crippen LogP) is 3.68. The van der Waals surface area contributed by atoms with Crippen molar-refractivity contribution < 1.29 is 18.3 Å². The van der Waals surface area contributed by atoms with Crippen molar-refractivity contribution in [2.45, 2.75) is 25.6 Å². The van der Waals surface area contributed by atoms with E-state index < -0.39 is 17.3 Å². The average molecular weight is 326 g/mol. The fourth-order valence-corrected chi connectivity index (χ4v) is 1.82. The van der Waals surface area contributed by atoms with Crippen molar-refractivity contribution in [3.8, 4) is 0 Å². The normalized spacial score (nSPS) is 12.7. The number of aliphatic hydroxyl groups is 1. The third kappa shape index (κ3) is 3.17. The van der Waals surface area contributed by atoms with Gasteiger partial charge in [0.1, 0.15) is 0 Å². The van der Waals surface area contributed by atoms with E-state index >= 15 is 0 Å². The topological polar surface area (TPSA) is 23.5 Å². The molecule has 0 fully saturated rings. The van der Waals surface area contributed by atoms with Crippen molar-refractivity contribution in [3.05, 3.63) is 28.2 Å². The van der Waals surface area contributed by atoms with E-state index in [4.69, 9.17) is 0 Å². The van der Waals surface area contributed by atoms with Gasteiger partial charge in [0.2, 0.25) is 0 Å². The van der Waals surface area contributed by atoms with E-state index in [0.29, 0.717) is 4.47 Å². The van der Waals surface area contributed by atoms with Crippen molar-refractivity contribution in [1.29, 1.82) is 0 Å². The highest BCUT2D eigenvalue weighted by Gasteiger charge is 2.36. The zero-order valence-electron chi connectivity index (χ0n) is 10.3. The summed E-state index contributed by atoms with van der Waals surface area (Å²) in [5.74, 6) is 0. The molecule has 0 aliphatic carbocycles. The van der Waals surface area contributed by atoms with Crippen LogP contribution in [0.5, 0.6) is 0 Å². The summed E-state index contributed by atoms with van der Waals surface area (Å²) in [6.45, 7) is 3.11. The molecule has 1 N–H and O–H groups in total. The van der Waals surface area contributed by atoms with Gasteiger partial charge < -0.3 is 10.0 Å². The smallest absolute Gasteiger partial charge is 0.394 e. The molecule has 0 amide bonds. The standard InChI is InChI=1S/C12H15BrF3NO/c1-11(2,7-18)17(3)10-5-4-8(13)6-9(10)12(14,15)16/h4-6,18H,7H2,1-3H3. The predicted molar refractivity (Wildman–Crippen MR) is 68.7 cm³/mol. The van der Waals surface area contributed by atoms with E-state index in [2.05, 4.69) is 15.9 Å². The molecule has 0 aromatic heterocycles. The van der Waals surface area contributed by atoms with E-state index in [1.807, 2.05) is 0 Å². The van der Waals surface area contributed by atoms with Crippen LogP contribution in [0.3, 0.4) is 0 Å². The number of hydrogen-bond acceptors (Lipinski definition) is 2. The first-order valence-corrected chi connectivity index (χ1v) is 6.10. The van der Waals surface area contributed by atoms with E-state index in [1.54, 1.807) is 19.9 Å². The molecule has 6 heteroatoms. The summed E-state index contributed by atoms with van der Waals surface area (Å²) in [5, 5.41) is 9.24. The molecule has 0 radical (unpaired) electrons. The summed E-state index contributed by atoms with van der Waals surface area (Å²) in [7, 11) is 1.54. The largest absolute Gasteiger partial charge is 0.418 e. The zero-order valence-corrected chi connectivity index (χ0v) is 11.9. The Morgan fingerprint density at radius 1 is 1.28 bits per heavy atom. The molecule has 2 nitrogen and oxygen atoms in total. The highest BCUT2D eigenvalue weighted by atomic mass is 79.9. The van der Waals surface area contributed by atoms with Gasteiger partial charge in [-0.1, -0.05) is 15.9 Å². The van der Waals surface area contributed by atoms with Gasteiger partial charge in [0.15, 0.2) is 0 Å². The van der Waals surface area contributed by atoms with Gasteiger partial charge in [-0.15, -0.1) is 0 Å². The molecule has 0 unspecified atom stereocenters. The molecule has 0 atom stereocenters. The van der Waals surface area contributed by atoms with Gasteiger partial charge in [0.25, 0.3) is 0 Å². The maximum atomic E-state index is 13.0. The van der Waals surface area contributed by atoms with Gasteiger partial charge in [0, 0.05) is 17.2 Å². The van der Waals surface area contributed by atoms with Crippen LogP contribution >= 0.6 is 15.9 Å². The monoisotopic (exact) mass is 325 g/mol.